The first-order chi connectivity index (χ1) is 9.69. The van der Waals surface area contributed by atoms with Crippen molar-refractivity contribution >= 4 is 6.03 Å². The number of hydrogen-bond acceptors (Lipinski definition) is 3. The Morgan fingerprint density at radius 2 is 2.20 bits per heavy atom. The summed E-state index contributed by atoms with van der Waals surface area (Å²) in [7, 11) is 0. The fourth-order valence-corrected chi connectivity index (χ4v) is 2.78. The Morgan fingerprint density at radius 3 is 2.85 bits per heavy atom. The Labute approximate surface area is 120 Å². The van der Waals surface area contributed by atoms with Crippen molar-refractivity contribution in [2.45, 2.75) is 65.0 Å². The van der Waals surface area contributed by atoms with Gasteiger partial charge in [0, 0.05) is 12.1 Å². The zero-order valence-electron chi connectivity index (χ0n) is 12.4. The number of rotatable bonds is 5. The highest BCUT2D eigenvalue weighted by atomic mass is 16.5. The normalized spacial score (nSPS) is 17.7. The highest BCUT2D eigenvalue weighted by molar-refractivity contribution is 5.74. The lowest BCUT2D eigenvalue weighted by Gasteiger charge is -2.28. The number of nitrogens with one attached hydrogen (secondary N) is 2. The van der Waals surface area contributed by atoms with Crippen LogP contribution >= 0.6 is 0 Å². The molecule has 1 aromatic heterocycles. The Bertz CT molecular complexity index is 425. The lowest BCUT2D eigenvalue weighted by Crippen LogP contribution is -2.44. The van der Waals surface area contributed by atoms with Crippen LogP contribution in [-0.4, -0.2) is 17.2 Å². The van der Waals surface area contributed by atoms with Gasteiger partial charge in [-0.25, -0.2) is 4.79 Å². The second-order valence-electron chi connectivity index (χ2n) is 5.65. The number of urea groups is 1. The summed E-state index contributed by atoms with van der Waals surface area (Å²) in [6.45, 7) is 4.50. The van der Waals surface area contributed by atoms with Crippen molar-refractivity contribution in [1.29, 1.82) is 0 Å². The molecule has 5 nitrogen and oxygen atoms in total. The van der Waals surface area contributed by atoms with Crippen LogP contribution in [0.25, 0.3) is 0 Å². The molecule has 0 aliphatic heterocycles. The molecule has 0 spiro atoms. The molecule has 112 valence electrons. The minimum atomic E-state index is -0.127. The summed E-state index contributed by atoms with van der Waals surface area (Å²) in [5.41, 5.74) is 0.915. The third-order valence-corrected chi connectivity index (χ3v) is 4.11. The van der Waals surface area contributed by atoms with E-state index in [4.69, 9.17) is 4.52 Å². The summed E-state index contributed by atoms with van der Waals surface area (Å²) < 4.78 is 5.13. The van der Waals surface area contributed by atoms with E-state index in [1.807, 2.05) is 13.0 Å². The molecule has 1 fully saturated rings. The van der Waals surface area contributed by atoms with Gasteiger partial charge in [0.15, 0.2) is 5.76 Å². The molecule has 1 unspecified atom stereocenters. The van der Waals surface area contributed by atoms with E-state index in [-0.39, 0.29) is 12.1 Å². The molecule has 1 saturated carbocycles. The Balaban J connectivity index is 1.71. The summed E-state index contributed by atoms with van der Waals surface area (Å²) in [6.07, 6.45) is 7.20. The monoisotopic (exact) mass is 279 g/mol. The summed E-state index contributed by atoms with van der Waals surface area (Å²) in [5.74, 6) is 1.31. The topological polar surface area (TPSA) is 67.2 Å². The Morgan fingerprint density at radius 1 is 1.45 bits per heavy atom. The summed E-state index contributed by atoms with van der Waals surface area (Å²) >= 11 is 0. The van der Waals surface area contributed by atoms with Crippen LogP contribution in [0.2, 0.25) is 0 Å². The minimum Gasteiger partial charge on any atom is -0.359 e. The molecule has 1 aliphatic carbocycles. The number of amides is 2. The van der Waals surface area contributed by atoms with Crippen LogP contribution in [0.4, 0.5) is 4.79 Å². The van der Waals surface area contributed by atoms with E-state index in [0.29, 0.717) is 18.2 Å². The van der Waals surface area contributed by atoms with Crippen LogP contribution < -0.4 is 10.6 Å². The molecule has 20 heavy (non-hydrogen) atoms. The first kappa shape index (κ1) is 14.9. The molecule has 1 aromatic rings. The quantitative estimate of drug-likeness (QED) is 0.870. The summed E-state index contributed by atoms with van der Waals surface area (Å²) in [4.78, 5) is 11.9. The van der Waals surface area contributed by atoms with Gasteiger partial charge in [0.25, 0.3) is 0 Å². The fraction of sp³-hybridized carbons (Fsp3) is 0.733. The van der Waals surface area contributed by atoms with Crippen molar-refractivity contribution in [3.8, 4) is 0 Å². The maximum Gasteiger partial charge on any atom is 0.315 e. The second-order valence-corrected chi connectivity index (χ2v) is 5.65. The number of aromatic nitrogens is 1. The van der Waals surface area contributed by atoms with Gasteiger partial charge in [-0.1, -0.05) is 31.3 Å². The highest BCUT2D eigenvalue weighted by Crippen LogP contribution is 2.26. The van der Waals surface area contributed by atoms with Crippen molar-refractivity contribution in [1.82, 2.24) is 15.8 Å². The van der Waals surface area contributed by atoms with Crippen molar-refractivity contribution in [3.63, 3.8) is 0 Å². The zero-order valence-corrected chi connectivity index (χ0v) is 12.4. The van der Waals surface area contributed by atoms with Crippen LogP contribution in [0.5, 0.6) is 0 Å². The number of carbonyl (C=O) groups is 1. The smallest absolute Gasteiger partial charge is 0.315 e. The SMILES string of the molecule is CCc1cc(CNC(=O)NC(C)C2CCCCC2)on1. The predicted molar refractivity (Wildman–Crippen MR) is 77.3 cm³/mol. The molecule has 0 radical (unpaired) electrons. The number of nitrogens with zero attached hydrogens (tertiary/aromatic N) is 1. The maximum atomic E-state index is 11.9. The second kappa shape index (κ2) is 7.31. The van der Waals surface area contributed by atoms with Crippen LogP contribution in [0.1, 0.15) is 57.4 Å². The predicted octanol–water partition coefficient (Wildman–Crippen LogP) is 3.01. The van der Waals surface area contributed by atoms with Crippen LogP contribution in [0.15, 0.2) is 10.6 Å². The number of carbonyl (C=O) groups excluding carboxylic acids is 1. The molecule has 0 bridgehead atoms. The van der Waals surface area contributed by atoms with Crippen LogP contribution in [0.3, 0.4) is 0 Å². The molecule has 1 heterocycles. The molecular formula is C15H25N3O2. The van der Waals surface area contributed by atoms with E-state index in [2.05, 4.69) is 22.7 Å². The molecule has 1 aliphatic rings. The first-order valence-corrected chi connectivity index (χ1v) is 7.68. The lowest BCUT2D eigenvalue weighted by molar-refractivity contribution is 0.223. The Hall–Kier alpha value is -1.52. The molecular weight excluding hydrogens is 254 g/mol. The van der Waals surface area contributed by atoms with Gasteiger partial charge >= 0.3 is 6.03 Å². The molecule has 0 aromatic carbocycles. The van der Waals surface area contributed by atoms with E-state index in [1.165, 1.54) is 32.1 Å². The van der Waals surface area contributed by atoms with Gasteiger partial charge < -0.3 is 15.2 Å². The lowest BCUT2D eigenvalue weighted by atomic mass is 9.85. The van der Waals surface area contributed by atoms with Crippen molar-refractivity contribution in [2.75, 3.05) is 0 Å². The van der Waals surface area contributed by atoms with Crippen LogP contribution in [-0.2, 0) is 13.0 Å². The molecule has 2 rings (SSSR count). The van der Waals surface area contributed by atoms with Crippen molar-refractivity contribution in [3.05, 3.63) is 17.5 Å². The third-order valence-electron chi connectivity index (χ3n) is 4.11. The third kappa shape index (κ3) is 4.25. The standard InChI is InChI=1S/C15H25N3O2/c1-3-13-9-14(20-18-13)10-16-15(19)17-11(2)12-7-5-4-6-8-12/h9,11-12H,3-8,10H2,1-2H3,(H2,16,17,19). The molecule has 0 saturated heterocycles. The van der Waals surface area contributed by atoms with Gasteiger partial charge in [0.2, 0.25) is 0 Å². The van der Waals surface area contributed by atoms with E-state index < -0.39 is 0 Å². The number of aryl methyl sites for hydroxylation is 1. The van der Waals surface area contributed by atoms with Crippen LogP contribution in [0, 0.1) is 5.92 Å². The van der Waals surface area contributed by atoms with Gasteiger partial charge in [0.1, 0.15) is 0 Å². The molecule has 2 amide bonds. The van der Waals surface area contributed by atoms with Gasteiger partial charge in [-0.3, -0.25) is 0 Å². The summed E-state index contributed by atoms with van der Waals surface area (Å²) in [6, 6.07) is 1.99. The highest BCUT2D eigenvalue weighted by Gasteiger charge is 2.21. The summed E-state index contributed by atoms with van der Waals surface area (Å²) in [5, 5.41) is 9.75. The van der Waals surface area contributed by atoms with E-state index in [9.17, 15) is 4.79 Å². The largest absolute Gasteiger partial charge is 0.359 e. The van der Waals surface area contributed by atoms with Gasteiger partial charge in [-0.05, 0) is 32.1 Å². The average Bonchev–Trinajstić information content (AvgIpc) is 2.94. The average molecular weight is 279 g/mol. The van der Waals surface area contributed by atoms with Crippen molar-refractivity contribution in [2.24, 2.45) is 5.92 Å². The number of hydrogen-bond donors (Lipinski definition) is 2. The van der Waals surface area contributed by atoms with Crippen molar-refractivity contribution < 1.29 is 9.32 Å². The van der Waals surface area contributed by atoms with E-state index in [1.54, 1.807) is 0 Å². The molecule has 2 N–H and O–H groups in total. The maximum absolute atomic E-state index is 11.9. The van der Waals surface area contributed by atoms with Gasteiger partial charge in [-0.2, -0.15) is 0 Å². The molecule has 5 heteroatoms. The first-order valence-electron chi connectivity index (χ1n) is 7.68. The fourth-order valence-electron chi connectivity index (χ4n) is 2.78. The zero-order chi connectivity index (χ0) is 14.4. The van der Waals surface area contributed by atoms with E-state index in [0.717, 1.165) is 12.1 Å². The Kier molecular flexibility index (Phi) is 5.44. The van der Waals surface area contributed by atoms with Gasteiger partial charge in [-0.15, -0.1) is 0 Å². The minimum absolute atomic E-state index is 0.127. The molecule has 1 atom stereocenters. The van der Waals surface area contributed by atoms with E-state index >= 15 is 0 Å². The van der Waals surface area contributed by atoms with Gasteiger partial charge in [0.05, 0.1) is 12.2 Å².